The number of benzene rings is 2. The van der Waals surface area contributed by atoms with E-state index < -0.39 is 25.8 Å². The van der Waals surface area contributed by atoms with Gasteiger partial charge in [-0.3, -0.25) is 4.79 Å². The van der Waals surface area contributed by atoms with Gasteiger partial charge < -0.3 is 5.32 Å². The van der Waals surface area contributed by atoms with Crippen LogP contribution in [0.2, 0.25) is 0 Å². The van der Waals surface area contributed by atoms with Gasteiger partial charge in [-0.05, 0) is 37.1 Å². The Morgan fingerprint density at radius 2 is 1.69 bits per heavy atom. The smallest absolute Gasteiger partial charge is 0.243 e. The Labute approximate surface area is 171 Å². The number of carbonyl (C=O) groups is 1. The lowest BCUT2D eigenvalue weighted by molar-refractivity contribution is -0.120. The molecule has 0 aromatic heterocycles. The number of hydrogen-bond donors (Lipinski definition) is 1. The van der Waals surface area contributed by atoms with Gasteiger partial charge in [0.2, 0.25) is 15.9 Å². The molecule has 7 nitrogen and oxygen atoms in total. The molecule has 0 radical (unpaired) electrons. The lowest BCUT2D eigenvalue weighted by atomic mass is 9.99. The number of para-hydroxylation sites is 1. The maximum atomic E-state index is 12.9. The van der Waals surface area contributed by atoms with Crippen LogP contribution >= 0.6 is 0 Å². The van der Waals surface area contributed by atoms with Crippen molar-refractivity contribution in [2.75, 3.05) is 24.2 Å². The Morgan fingerprint density at radius 3 is 2.38 bits per heavy atom. The number of anilines is 1. The number of amides is 1. The fourth-order valence-corrected chi connectivity index (χ4v) is 5.94. The normalized spacial score (nSPS) is 18.3. The number of piperidine rings is 1. The molecule has 1 aliphatic heterocycles. The second kappa shape index (κ2) is 8.64. The molecule has 2 aromatic rings. The van der Waals surface area contributed by atoms with Crippen LogP contribution in [0.5, 0.6) is 0 Å². The van der Waals surface area contributed by atoms with Crippen LogP contribution in [0.15, 0.2) is 64.4 Å². The summed E-state index contributed by atoms with van der Waals surface area (Å²) in [5.41, 5.74) is 0.224. The number of rotatable bonds is 6. The van der Waals surface area contributed by atoms with Crippen LogP contribution in [-0.4, -0.2) is 45.9 Å². The third kappa shape index (κ3) is 4.68. The lowest BCUT2D eigenvalue weighted by Crippen LogP contribution is -2.43. The molecule has 156 valence electrons. The molecular weight excluding hydrogens is 412 g/mol. The van der Waals surface area contributed by atoms with Gasteiger partial charge in [0, 0.05) is 13.1 Å². The first-order valence-corrected chi connectivity index (χ1v) is 12.5. The summed E-state index contributed by atoms with van der Waals surface area (Å²) in [7, 11) is -7.18. The zero-order valence-corrected chi connectivity index (χ0v) is 17.7. The third-order valence-corrected chi connectivity index (χ3v) is 8.66. The molecule has 1 heterocycles. The summed E-state index contributed by atoms with van der Waals surface area (Å²) >= 11 is 0. The van der Waals surface area contributed by atoms with E-state index in [4.69, 9.17) is 0 Å². The summed E-state index contributed by atoms with van der Waals surface area (Å²) in [6.07, 6.45) is 1.09. The predicted octanol–water partition coefficient (Wildman–Crippen LogP) is 2.52. The highest BCUT2D eigenvalue weighted by molar-refractivity contribution is 7.91. The second-order valence-electron chi connectivity index (χ2n) is 6.90. The average Bonchev–Trinajstić information content (AvgIpc) is 2.74. The molecule has 1 N–H and O–H groups in total. The Bertz CT molecular complexity index is 1080. The number of nitrogens with zero attached hydrogens (tertiary/aromatic N) is 1. The number of nitrogens with one attached hydrogen (secondary N) is 1. The third-order valence-electron chi connectivity index (χ3n) is 5.00. The van der Waals surface area contributed by atoms with Crippen molar-refractivity contribution in [2.24, 2.45) is 5.92 Å². The average molecular weight is 437 g/mol. The van der Waals surface area contributed by atoms with Crippen LogP contribution in [0.4, 0.5) is 5.69 Å². The quantitative estimate of drug-likeness (QED) is 0.750. The summed E-state index contributed by atoms with van der Waals surface area (Å²) < 4.78 is 51.6. The molecule has 1 amide bonds. The summed E-state index contributed by atoms with van der Waals surface area (Å²) in [4.78, 5) is 13.1. The molecule has 1 unspecified atom stereocenters. The minimum Gasteiger partial charge on any atom is -0.325 e. The topological polar surface area (TPSA) is 101 Å². The molecule has 0 saturated carbocycles. The molecule has 0 aliphatic carbocycles. The molecule has 29 heavy (non-hydrogen) atoms. The summed E-state index contributed by atoms with van der Waals surface area (Å²) in [6, 6.07) is 14.4. The SMILES string of the molecule is CCS(=O)(=O)c1ccccc1NC(=O)C1CCCN(S(=O)(=O)c2ccccc2)C1. The van der Waals surface area contributed by atoms with E-state index in [-0.39, 0.29) is 33.7 Å². The van der Waals surface area contributed by atoms with Crippen molar-refractivity contribution in [3.63, 3.8) is 0 Å². The zero-order chi connectivity index (χ0) is 21.1. The van der Waals surface area contributed by atoms with E-state index >= 15 is 0 Å². The highest BCUT2D eigenvalue weighted by Crippen LogP contribution is 2.27. The van der Waals surface area contributed by atoms with Crippen molar-refractivity contribution in [3.8, 4) is 0 Å². The van der Waals surface area contributed by atoms with Crippen LogP contribution < -0.4 is 5.32 Å². The summed E-state index contributed by atoms with van der Waals surface area (Å²) in [6.45, 7) is 1.95. The van der Waals surface area contributed by atoms with Crippen molar-refractivity contribution in [2.45, 2.75) is 29.6 Å². The Hall–Kier alpha value is -2.23. The Kier molecular flexibility index (Phi) is 6.40. The molecule has 0 spiro atoms. The van der Waals surface area contributed by atoms with Crippen LogP contribution in [0.1, 0.15) is 19.8 Å². The zero-order valence-electron chi connectivity index (χ0n) is 16.1. The first-order valence-electron chi connectivity index (χ1n) is 9.43. The van der Waals surface area contributed by atoms with E-state index in [1.807, 2.05) is 0 Å². The first-order chi connectivity index (χ1) is 13.8. The lowest BCUT2D eigenvalue weighted by Gasteiger charge is -2.31. The van der Waals surface area contributed by atoms with E-state index in [9.17, 15) is 21.6 Å². The standard InChI is InChI=1S/C20H24N2O5S2/c1-2-28(24,25)19-13-7-6-12-18(19)21-20(23)16-9-8-14-22(15-16)29(26,27)17-10-4-3-5-11-17/h3-7,10-13,16H,2,8-9,14-15H2,1H3,(H,21,23). The molecule has 0 bridgehead atoms. The van der Waals surface area contributed by atoms with Gasteiger partial charge in [0.25, 0.3) is 0 Å². The molecular formula is C20H24N2O5S2. The van der Waals surface area contributed by atoms with Gasteiger partial charge in [-0.1, -0.05) is 37.3 Å². The van der Waals surface area contributed by atoms with E-state index in [0.717, 1.165) is 0 Å². The molecule has 3 rings (SSSR count). The minimum absolute atomic E-state index is 0.0613. The van der Waals surface area contributed by atoms with Crippen molar-refractivity contribution < 1.29 is 21.6 Å². The van der Waals surface area contributed by atoms with Crippen molar-refractivity contribution in [1.82, 2.24) is 4.31 Å². The maximum Gasteiger partial charge on any atom is 0.243 e. The van der Waals surface area contributed by atoms with Crippen molar-refractivity contribution in [3.05, 3.63) is 54.6 Å². The fourth-order valence-electron chi connectivity index (χ4n) is 3.35. The fraction of sp³-hybridized carbons (Fsp3) is 0.350. The molecule has 1 fully saturated rings. The van der Waals surface area contributed by atoms with Crippen LogP contribution in [0.3, 0.4) is 0 Å². The first kappa shape index (κ1) is 21.5. The Balaban J connectivity index is 1.78. The van der Waals surface area contributed by atoms with Gasteiger partial charge in [0.1, 0.15) is 0 Å². The maximum absolute atomic E-state index is 12.9. The molecule has 9 heteroatoms. The minimum atomic E-state index is -3.68. The van der Waals surface area contributed by atoms with Gasteiger partial charge in [-0.2, -0.15) is 4.31 Å². The highest BCUT2D eigenvalue weighted by Gasteiger charge is 2.33. The summed E-state index contributed by atoms with van der Waals surface area (Å²) in [5, 5.41) is 2.69. The number of carbonyl (C=O) groups excluding carboxylic acids is 1. The monoisotopic (exact) mass is 436 g/mol. The van der Waals surface area contributed by atoms with E-state index in [1.165, 1.54) is 22.5 Å². The van der Waals surface area contributed by atoms with Crippen LogP contribution in [0, 0.1) is 5.92 Å². The van der Waals surface area contributed by atoms with E-state index in [2.05, 4.69) is 5.32 Å². The number of sulfone groups is 1. The summed E-state index contributed by atoms with van der Waals surface area (Å²) in [5.74, 6) is -1.01. The van der Waals surface area contributed by atoms with E-state index in [1.54, 1.807) is 43.3 Å². The van der Waals surface area contributed by atoms with Crippen LogP contribution in [-0.2, 0) is 24.7 Å². The predicted molar refractivity (Wildman–Crippen MR) is 111 cm³/mol. The molecule has 2 aromatic carbocycles. The second-order valence-corrected chi connectivity index (χ2v) is 11.1. The molecule has 1 atom stereocenters. The van der Waals surface area contributed by atoms with Crippen LogP contribution in [0.25, 0.3) is 0 Å². The highest BCUT2D eigenvalue weighted by atomic mass is 32.2. The molecule has 1 aliphatic rings. The van der Waals surface area contributed by atoms with Crippen molar-refractivity contribution in [1.29, 1.82) is 0 Å². The molecule has 1 saturated heterocycles. The van der Waals surface area contributed by atoms with Gasteiger partial charge in [-0.25, -0.2) is 16.8 Å². The number of hydrogen-bond acceptors (Lipinski definition) is 5. The van der Waals surface area contributed by atoms with Gasteiger partial charge in [0.05, 0.1) is 27.1 Å². The Morgan fingerprint density at radius 1 is 1.03 bits per heavy atom. The van der Waals surface area contributed by atoms with Gasteiger partial charge in [0.15, 0.2) is 9.84 Å². The van der Waals surface area contributed by atoms with Gasteiger partial charge in [-0.15, -0.1) is 0 Å². The van der Waals surface area contributed by atoms with Crippen molar-refractivity contribution >= 4 is 31.5 Å². The van der Waals surface area contributed by atoms with E-state index in [0.29, 0.717) is 19.4 Å². The largest absolute Gasteiger partial charge is 0.325 e. The van der Waals surface area contributed by atoms with Gasteiger partial charge >= 0.3 is 0 Å². The number of sulfonamides is 1.